The van der Waals surface area contributed by atoms with E-state index in [0.29, 0.717) is 35.6 Å². The third kappa shape index (κ3) is 3.63. The summed E-state index contributed by atoms with van der Waals surface area (Å²) >= 11 is 1.27. The van der Waals surface area contributed by atoms with E-state index in [9.17, 15) is 14.7 Å². The Morgan fingerprint density at radius 1 is 1.23 bits per heavy atom. The number of imidazole rings is 1. The first kappa shape index (κ1) is 20.0. The van der Waals surface area contributed by atoms with Gasteiger partial charge >= 0.3 is 0 Å². The molecule has 0 aromatic carbocycles. The predicted molar refractivity (Wildman–Crippen MR) is 111 cm³/mol. The molecular weight excluding hydrogens is 402 g/mol. The van der Waals surface area contributed by atoms with Gasteiger partial charge in [-0.3, -0.25) is 14.6 Å². The summed E-state index contributed by atoms with van der Waals surface area (Å²) in [6.45, 7) is 4.62. The van der Waals surface area contributed by atoms with Crippen molar-refractivity contribution >= 4 is 23.0 Å². The van der Waals surface area contributed by atoms with Gasteiger partial charge in [0.05, 0.1) is 33.5 Å². The Labute approximate surface area is 177 Å². The van der Waals surface area contributed by atoms with Gasteiger partial charge < -0.3 is 14.6 Å². The van der Waals surface area contributed by atoms with E-state index in [2.05, 4.69) is 15.0 Å². The van der Waals surface area contributed by atoms with Crippen LogP contribution in [0.1, 0.15) is 38.4 Å². The van der Waals surface area contributed by atoms with Crippen LogP contribution in [0.4, 0.5) is 0 Å². The molecule has 0 fully saturated rings. The Morgan fingerprint density at radius 2 is 2.07 bits per heavy atom. The number of aromatic nitrogens is 4. The number of Topliss-reactive ketones (excluding diaryl/α,β-unsaturated/α-hetero) is 1. The maximum absolute atomic E-state index is 13.4. The first-order valence-electron chi connectivity index (χ1n) is 9.56. The van der Waals surface area contributed by atoms with E-state index < -0.39 is 17.7 Å². The van der Waals surface area contributed by atoms with Crippen molar-refractivity contribution in [2.24, 2.45) is 0 Å². The first-order chi connectivity index (χ1) is 14.5. The fourth-order valence-corrected chi connectivity index (χ4v) is 4.58. The molecule has 0 saturated heterocycles. The molecule has 4 heterocycles. The monoisotopic (exact) mass is 423 g/mol. The summed E-state index contributed by atoms with van der Waals surface area (Å²) in [5, 5.41) is 11.4. The highest BCUT2D eigenvalue weighted by molar-refractivity contribution is 7.14. The molecule has 0 spiro atoms. The number of pyridine rings is 1. The maximum Gasteiger partial charge on any atom is 0.290 e. The second-order valence-electron chi connectivity index (χ2n) is 7.08. The molecule has 0 unspecified atom stereocenters. The molecule has 0 radical (unpaired) electrons. The van der Waals surface area contributed by atoms with Gasteiger partial charge in [-0.2, -0.15) is 0 Å². The Bertz CT molecular complexity index is 1110. The summed E-state index contributed by atoms with van der Waals surface area (Å²) in [7, 11) is 0. The molecule has 1 amide bonds. The highest BCUT2D eigenvalue weighted by atomic mass is 32.1. The van der Waals surface area contributed by atoms with E-state index in [0.717, 1.165) is 5.01 Å². The molecule has 1 aliphatic heterocycles. The SMILES string of the molecule is Cc1nc(C)c(C(=O)C2=C(O)C(=O)N(CCCn3ccnc3)[C@H]2c2cccnc2)s1. The molecule has 3 aromatic rings. The van der Waals surface area contributed by atoms with Crippen molar-refractivity contribution in [2.75, 3.05) is 6.54 Å². The molecule has 9 heteroatoms. The average Bonchev–Trinajstić information content (AvgIpc) is 3.43. The Balaban J connectivity index is 1.67. The van der Waals surface area contributed by atoms with Crippen LogP contribution in [0.2, 0.25) is 0 Å². The Morgan fingerprint density at radius 3 is 2.70 bits per heavy atom. The molecule has 30 heavy (non-hydrogen) atoms. The third-order valence-electron chi connectivity index (χ3n) is 5.03. The predicted octanol–water partition coefficient (Wildman–Crippen LogP) is 3.02. The molecule has 154 valence electrons. The fourth-order valence-electron chi connectivity index (χ4n) is 3.71. The zero-order valence-electron chi connectivity index (χ0n) is 16.6. The highest BCUT2D eigenvalue weighted by Crippen LogP contribution is 2.39. The zero-order valence-corrected chi connectivity index (χ0v) is 17.5. The van der Waals surface area contributed by atoms with Gasteiger partial charge in [0.1, 0.15) is 0 Å². The standard InChI is InChI=1S/C21H21N5O3S/c1-13-20(30-14(2)24-13)18(27)16-17(15-5-3-6-22-11-15)26(21(29)19(16)28)9-4-8-25-10-7-23-12-25/h3,5-7,10-12,17,28H,4,8-9H2,1-2H3/t17-/m0/s1. The number of aryl methyl sites for hydroxylation is 3. The number of amides is 1. The van der Waals surface area contributed by atoms with Crippen LogP contribution in [0.15, 0.2) is 54.6 Å². The second kappa shape index (κ2) is 8.19. The topological polar surface area (TPSA) is 101 Å². The van der Waals surface area contributed by atoms with Crippen LogP contribution in [0, 0.1) is 13.8 Å². The van der Waals surface area contributed by atoms with Gasteiger partial charge in [-0.25, -0.2) is 9.97 Å². The lowest BCUT2D eigenvalue weighted by atomic mass is 9.96. The minimum absolute atomic E-state index is 0.0855. The first-order valence-corrected chi connectivity index (χ1v) is 10.4. The summed E-state index contributed by atoms with van der Waals surface area (Å²) in [6, 6.07) is 2.87. The van der Waals surface area contributed by atoms with Crippen molar-refractivity contribution in [2.45, 2.75) is 32.9 Å². The average molecular weight is 423 g/mol. The largest absolute Gasteiger partial charge is 0.503 e. The normalized spacial score (nSPS) is 16.5. The molecule has 0 aliphatic carbocycles. The minimum atomic E-state index is -0.691. The molecule has 0 bridgehead atoms. The van der Waals surface area contributed by atoms with E-state index in [-0.39, 0.29) is 11.4 Å². The van der Waals surface area contributed by atoms with E-state index in [1.54, 1.807) is 42.8 Å². The minimum Gasteiger partial charge on any atom is -0.503 e. The smallest absolute Gasteiger partial charge is 0.290 e. The molecule has 1 aliphatic rings. The van der Waals surface area contributed by atoms with E-state index >= 15 is 0 Å². The van der Waals surface area contributed by atoms with Gasteiger partial charge in [0.2, 0.25) is 5.78 Å². The van der Waals surface area contributed by atoms with Gasteiger partial charge in [0.25, 0.3) is 5.91 Å². The van der Waals surface area contributed by atoms with Crippen LogP contribution in [0.3, 0.4) is 0 Å². The summed E-state index contributed by atoms with van der Waals surface area (Å²) in [4.78, 5) is 40.8. The maximum atomic E-state index is 13.4. The number of nitrogens with zero attached hydrogens (tertiary/aromatic N) is 5. The summed E-state index contributed by atoms with van der Waals surface area (Å²) in [5.74, 6) is -1.41. The summed E-state index contributed by atoms with van der Waals surface area (Å²) < 4.78 is 1.92. The number of carbonyl (C=O) groups excluding carboxylic acids is 2. The van der Waals surface area contributed by atoms with Crippen LogP contribution in [0.25, 0.3) is 0 Å². The van der Waals surface area contributed by atoms with Crippen molar-refractivity contribution in [1.82, 2.24) is 24.4 Å². The van der Waals surface area contributed by atoms with Crippen molar-refractivity contribution in [3.63, 3.8) is 0 Å². The van der Waals surface area contributed by atoms with Crippen LogP contribution < -0.4 is 0 Å². The van der Waals surface area contributed by atoms with Gasteiger partial charge in [-0.1, -0.05) is 6.07 Å². The number of ketones is 1. The third-order valence-corrected chi connectivity index (χ3v) is 6.10. The summed E-state index contributed by atoms with van der Waals surface area (Å²) in [6.07, 6.45) is 9.16. The Kier molecular flexibility index (Phi) is 5.45. The molecular formula is C21H21N5O3S. The van der Waals surface area contributed by atoms with Gasteiger partial charge in [0, 0.05) is 37.9 Å². The molecule has 3 aromatic heterocycles. The number of thiazole rings is 1. The number of carbonyl (C=O) groups is 2. The highest BCUT2D eigenvalue weighted by Gasteiger charge is 2.44. The second-order valence-corrected chi connectivity index (χ2v) is 8.28. The Hall–Kier alpha value is -3.33. The molecule has 1 atom stereocenters. The lowest BCUT2D eigenvalue weighted by molar-refractivity contribution is -0.129. The quantitative estimate of drug-likeness (QED) is 0.586. The van der Waals surface area contributed by atoms with Gasteiger partial charge in [0.15, 0.2) is 5.76 Å². The van der Waals surface area contributed by atoms with Crippen LogP contribution in [0.5, 0.6) is 0 Å². The molecule has 8 nitrogen and oxygen atoms in total. The van der Waals surface area contributed by atoms with Crippen LogP contribution >= 0.6 is 11.3 Å². The number of aliphatic hydroxyl groups is 1. The number of hydrogen-bond acceptors (Lipinski definition) is 7. The van der Waals surface area contributed by atoms with Crippen LogP contribution in [-0.2, 0) is 11.3 Å². The number of hydrogen-bond donors (Lipinski definition) is 1. The van der Waals surface area contributed by atoms with E-state index in [4.69, 9.17) is 0 Å². The lowest BCUT2D eigenvalue weighted by Gasteiger charge is -2.26. The van der Waals surface area contributed by atoms with Crippen LogP contribution in [-0.4, -0.2) is 47.8 Å². The van der Waals surface area contributed by atoms with Crippen molar-refractivity contribution < 1.29 is 14.7 Å². The molecule has 1 N–H and O–H groups in total. The van der Waals surface area contributed by atoms with E-state index in [1.165, 1.54) is 11.3 Å². The van der Waals surface area contributed by atoms with E-state index in [1.807, 2.05) is 23.8 Å². The van der Waals surface area contributed by atoms with Gasteiger partial charge in [-0.05, 0) is 31.9 Å². The zero-order chi connectivity index (χ0) is 21.3. The fraction of sp³-hybridized carbons (Fsp3) is 0.286. The summed E-state index contributed by atoms with van der Waals surface area (Å²) in [5.41, 5.74) is 1.36. The van der Waals surface area contributed by atoms with Crippen molar-refractivity contribution in [3.05, 3.63) is 75.7 Å². The van der Waals surface area contributed by atoms with Crippen molar-refractivity contribution in [3.8, 4) is 0 Å². The van der Waals surface area contributed by atoms with Gasteiger partial charge in [-0.15, -0.1) is 11.3 Å². The molecule has 0 saturated carbocycles. The number of rotatable bonds is 7. The van der Waals surface area contributed by atoms with Crippen molar-refractivity contribution in [1.29, 1.82) is 0 Å². The number of aliphatic hydroxyl groups excluding tert-OH is 1. The lowest BCUT2D eigenvalue weighted by Crippen LogP contribution is -2.32. The molecule has 4 rings (SSSR count).